The minimum absolute atomic E-state index is 0.0932. The highest BCUT2D eigenvalue weighted by Crippen LogP contribution is 2.43. The van der Waals surface area contributed by atoms with E-state index in [0.717, 1.165) is 103 Å². The Balaban J connectivity index is 4.79. The number of hydrogen-bond acceptors (Lipinski definition) is 10. The van der Waals surface area contributed by atoms with Crippen molar-refractivity contribution in [1.82, 2.24) is 0 Å². The van der Waals surface area contributed by atoms with Gasteiger partial charge in [-0.3, -0.25) is 23.4 Å². The topological polar surface area (TPSA) is 155 Å². The van der Waals surface area contributed by atoms with Crippen LogP contribution in [-0.2, 0) is 42.2 Å². The molecule has 12 heteroatoms. The first-order valence-electron chi connectivity index (χ1n) is 30.8. The van der Waals surface area contributed by atoms with Crippen molar-refractivity contribution < 1.29 is 52.2 Å². The molecule has 0 saturated carbocycles. The number of ether oxygens (including phenoxy) is 3. The van der Waals surface area contributed by atoms with Crippen LogP contribution in [0.5, 0.6) is 0 Å². The van der Waals surface area contributed by atoms with Crippen molar-refractivity contribution in [2.24, 2.45) is 0 Å². The predicted molar refractivity (Wildman–Crippen MR) is 325 cm³/mol. The van der Waals surface area contributed by atoms with Gasteiger partial charge in [-0.1, -0.05) is 226 Å². The van der Waals surface area contributed by atoms with Gasteiger partial charge in [-0.15, -0.1) is 0 Å². The maximum atomic E-state index is 12.9. The van der Waals surface area contributed by atoms with Gasteiger partial charge in [0.1, 0.15) is 12.7 Å². The number of aliphatic hydroxyl groups is 1. The number of rotatable bonds is 56. The van der Waals surface area contributed by atoms with Crippen molar-refractivity contribution in [2.75, 3.05) is 26.4 Å². The lowest BCUT2D eigenvalue weighted by Crippen LogP contribution is -2.30. The van der Waals surface area contributed by atoms with Gasteiger partial charge in [-0.25, -0.2) is 4.57 Å². The number of unbranched alkanes of at least 4 members (excludes halogenated alkanes) is 21. The molecule has 78 heavy (non-hydrogen) atoms. The normalized spacial score (nSPS) is 14.1. The maximum absolute atomic E-state index is 12.9. The fraction of sp³-hybridized carbons (Fsp3) is 0.682. The highest BCUT2D eigenvalue weighted by Gasteiger charge is 2.28. The summed E-state index contributed by atoms with van der Waals surface area (Å²) in [6.45, 7) is 4.34. The number of esters is 3. The minimum Gasteiger partial charge on any atom is -0.462 e. The highest BCUT2D eigenvalue weighted by atomic mass is 31.2. The number of aliphatic hydroxyl groups excluding tert-OH is 1. The summed E-state index contributed by atoms with van der Waals surface area (Å²) in [4.78, 5) is 48.7. The first-order chi connectivity index (χ1) is 38.2. The number of carbonyl (C=O) groups is 3. The van der Waals surface area contributed by atoms with Crippen LogP contribution < -0.4 is 0 Å². The summed E-state index contributed by atoms with van der Waals surface area (Å²) in [6, 6.07) is 0. The van der Waals surface area contributed by atoms with Gasteiger partial charge in [-0.05, 0) is 116 Å². The van der Waals surface area contributed by atoms with E-state index in [9.17, 15) is 28.9 Å². The average molecular weight is 1110 g/mol. The van der Waals surface area contributed by atoms with Gasteiger partial charge >= 0.3 is 25.7 Å². The quantitative estimate of drug-likeness (QED) is 0.0197. The largest absolute Gasteiger partial charge is 0.472 e. The Hall–Kier alpha value is -3.86. The molecule has 2 N–H and O–H groups in total. The van der Waals surface area contributed by atoms with Crippen molar-refractivity contribution >= 4 is 25.7 Å². The summed E-state index contributed by atoms with van der Waals surface area (Å²) >= 11 is 0. The summed E-state index contributed by atoms with van der Waals surface area (Å²) in [5, 5.41) is 9.83. The van der Waals surface area contributed by atoms with E-state index in [0.29, 0.717) is 25.7 Å². The number of carbonyl (C=O) groups excluding carboxylic acids is 3. The van der Waals surface area contributed by atoms with Gasteiger partial charge in [0.15, 0.2) is 6.10 Å². The molecule has 0 rings (SSSR count). The molecular weight excluding hydrogens is 1000 g/mol. The van der Waals surface area contributed by atoms with Gasteiger partial charge in [0.05, 0.1) is 19.8 Å². The SMILES string of the molecule is CC/C=C\C/C=C\C/C=C\C/C=C\C/C=C\CCCC(=O)OC(CO)COP(=O)(O)OCC(COC(=O)CCCCCCC/C=C\C/C=C\C/C=C\CC)OC(=O)CCCCCCCCCCC/C=C\CCCCCCCC. The molecule has 3 unspecified atom stereocenters. The number of phosphoric ester groups is 1. The van der Waals surface area contributed by atoms with Gasteiger partial charge in [0.2, 0.25) is 0 Å². The Morgan fingerprint density at radius 2 is 0.679 bits per heavy atom. The summed E-state index contributed by atoms with van der Waals surface area (Å²) in [5.41, 5.74) is 0. The number of allylic oxidation sites excluding steroid dienone is 18. The van der Waals surface area contributed by atoms with Crippen molar-refractivity contribution in [3.05, 3.63) is 109 Å². The van der Waals surface area contributed by atoms with E-state index in [2.05, 4.69) is 118 Å². The molecule has 0 aromatic rings. The van der Waals surface area contributed by atoms with E-state index in [1.165, 1.54) is 83.5 Å². The third kappa shape index (κ3) is 56.8. The molecule has 0 aromatic carbocycles. The third-order valence-electron chi connectivity index (χ3n) is 12.7. The molecule has 3 atom stereocenters. The Bertz CT molecular complexity index is 1720. The summed E-state index contributed by atoms with van der Waals surface area (Å²) in [5.74, 6) is -1.55. The van der Waals surface area contributed by atoms with Gasteiger partial charge in [0.25, 0.3) is 0 Å². The smallest absolute Gasteiger partial charge is 0.462 e. The second kappa shape index (κ2) is 59.3. The van der Waals surface area contributed by atoms with E-state index in [-0.39, 0.29) is 25.9 Å². The maximum Gasteiger partial charge on any atom is 0.472 e. The highest BCUT2D eigenvalue weighted by molar-refractivity contribution is 7.47. The van der Waals surface area contributed by atoms with E-state index in [4.69, 9.17) is 23.3 Å². The lowest BCUT2D eigenvalue weighted by atomic mass is 10.1. The van der Waals surface area contributed by atoms with E-state index >= 15 is 0 Å². The molecule has 0 aromatic heterocycles. The van der Waals surface area contributed by atoms with Gasteiger partial charge < -0.3 is 24.2 Å². The monoisotopic (exact) mass is 1110 g/mol. The molecule has 0 aliphatic heterocycles. The lowest BCUT2D eigenvalue weighted by Gasteiger charge is -2.21. The van der Waals surface area contributed by atoms with Gasteiger partial charge in [-0.2, -0.15) is 0 Å². The van der Waals surface area contributed by atoms with Crippen LogP contribution >= 0.6 is 7.82 Å². The number of hydrogen-bond donors (Lipinski definition) is 2. The molecular formula is C66H111O11P. The fourth-order valence-corrected chi connectivity index (χ4v) is 8.83. The molecule has 0 spiro atoms. The second-order valence-electron chi connectivity index (χ2n) is 20.1. The van der Waals surface area contributed by atoms with Crippen LogP contribution in [0.15, 0.2) is 109 Å². The van der Waals surface area contributed by atoms with Crippen LogP contribution in [0, 0.1) is 0 Å². The molecule has 0 heterocycles. The molecule has 0 saturated heterocycles. The average Bonchev–Trinajstić information content (AvgIpc) is 3.43. The molecule has 446 valence electrons. The molecule has 0 amide bonds. The Kier molecular flexibility index (Phi) is 56.3. The predicted octanol–water partition coefficient (Wildman–Crippen LogP) is 18.6. The molecule has 0 radical (unpaired) electrons. The van der Waals surface area contributed by atoms with Crippen molar-refractivity contribution in [3.63, 3.8) is 0 Å². The van der Waals surface area contributed by atoms with Crippen LogP contribution in [0.25, 0.3) is 0 Å². The Labute approximate surface area is 475 Å². The second-order valence-corrected chi connectivity index (χ2v) is 21.6. The zero-order chi connectivity index (χ0) is 56.9. The summed E-state index contributed by atoms with van der Waals surface area (Å²) < 4.78 is 39.6. The first-order valence-corrected chi connectivity index (χ1v) is 32.3. The lowest BCUT2D eigenvalue weighted by molar-refractivity contribution is -0.161. The standard InChI is InChI=1S/C66H111O11P/c1-4-7-10-13-16-19-22-25-28-30-31-33-36-39-42-45-48-51-54-57-66(70)77-63(59-73-64(68)55-52-49-46-43-40-37-34-27-24-21-18-15-12-9-6-3)61-75-78(71,72)74-60-62(58-67)76-65(69)56-53-50-47-44-41-38-35-32-29-26-23-20-17-14-11-8-5-2/h8-9,11-12,17-18,20-21,25-29,34-35,38,44,47,62-63,67H,4-7,10,13-16,19,22-24,30-33,36-37,39-43,45-46,48-61H2,1-3H3,(H,71,72)/b11-8-,12-9-,20-17-,21-18-,28-25-,29-26-,34-27-,38-35-,47-44-. The Morgan fingerprint density at radius 1 is 0.372 bits per heavy atom. The summed E-state index contributed by atoms with van der Waals surface area (Å²) in [7, 11) is -4.78. The van der Waals surface area contributed by atoms with Crippen LogP contribution in [0.3, 0.4) is 0 Å². The minimum atomic E-state index is -4.78. The van der Waals surface area contributed by atoms with Crippen molar-refractivity contribution in [2.45, 2.75) is 264 Å². The zero-order valence-corrected chi connectivity index (χ0v) is 50.2. The molecule has 0 aliphatic carbocycles. The van der Waals surface area contributed by atoms with Crippen LogP contribution in [0.4, 0.5) is 0 Å². The summed E-state index contributed by atoms with van der Waals surface area (Å²) in [6.07, 6.45) is 71.9. The van der Waals surface area contributed by atoms with E-state index in [1.807, 2.05) is 12.2 Å². The third-order valence-corrected chi connectivity index (χ3v) is 13.6. The molecule has 0 bridgehead atoms. The fourth-order valence-electron chi connectivity index (χ4n) is 8.05. The van der Waals surface area contributed by atoms with Gasteiger partial charge in [0, 0.05) is 19.3 Å². The molecule has 0 fully saturated rings. The molecule has 11 nitrogen and oxygen atoms in total. The number of phosphoric acid groups is 1. The first kappa shape index (κ1) is 74.1. The Morgan fingerprint density at radius 3 is 1.09 bits per heavy atom. The van der Waals surface area contributed by atoms with Crippen molar-refractivity contribution in [3.8, 4) is 0 Å². The van der Waals surface area contributed by atoms with E-state index < -0.39 is 57.8 Å². The molecule has 0 aliphatic rings. The van der Waals surface area contributed by atoms with Crippen LogP contribution in [0.2, 0.25) is 0 Å². The van der Waals surface area contributed by atoms with Crippen molar-refractivity contribution in [1.29, 1.82) is 0 Å². The van der Waals surface area contributed by atoms with Crippen LogP contribution in [-0.4, -0.2) is 66.5 Å². The zero-order valence-electron chi connectivity index (χ0n) is 49.3. The van der Waals surface area contributed by atoms with Crippen LogP contribution in [0.1, 0.15) is 252 Å². The van der Waals surface area contributed by atoms with E-state index in [1.54, 1.807) is 0 Å².